The number of hydrogen-bond acceptors (Lipinski definition) is 7. The van der Waals surface area contributed by atoms with E-state index in [1.807, 2.05) is 11.8 Å². The zero-order valence-electron chi connectivity index (χ0n) is 11.0. The van der Waals surface area contributed by atoms with E-state index in [0.717, 1.165) is 6.42 Å². The number of anilines is 2. The maximum absolute atomic E-state index is 11.1. The van der Waals surface area contributed by atoms with Gasteiger partial charge in [0.05, 0.1) is 4.92 Å². The molecule has 1 fully saturated rings. The van der Waals surface area contributed by atoms with Crippen molar-refractivity contribution in [1.29, 1.82) is 0 Å². The van der Waals surface area contributed by atoms with E-state index >= 15 is 0 Å². The Hall–Kier alpha value is -1.57. The Balaban J connectivity index is 2.20. The molecule has 2 heterocycles. The van der Waals surface area contributed by atoms with Gasteiger partial charge in [-0.3, -0.25) is 10.1 Å². The van der Waals surface area contributed by atoms with Gasteiger partial charge in [-0.2, -0.15) is 16.7 Å². The summed E-state index contributed by atoms with van der Waals surface area (Å²) in [7, 11) is 1.69. The molecule has 8 heteroatoms. The minimum atomic E-state index is -0.432. The predicted molar refractivity (Wildman–Crippen MR) is 76.9 cm³/mol. The molecule has 1 aromatic heterocycles. The van der Waals surface area contributed by atoms with Crippen molar-refractivity contribution < 1.29 is 4.92 Å². The van der Waals surface area contributed by atoms with Crippen LogP contribution in [0.2, 0.25) is 0 Å². The Morgan fingerprint density at radius 2 is 2.32 bits per heavy atom. The Bertz CT molecular complexity index is 476. The molecule has 1 aliphatic rings. The van der Waals surface area contributed by atoms with Gasteiger partial charge in [0.1, 0.15) is 5.69 Å². The quantitative estimate of drug-likeness (QED) is 0.631. The van der Waals surface area contributed by atoms with Crippen molar-refractivity contribution in [3.05, 3.63) is 15.8 Å². The third-order valence-electron chi connectivity index (χ3n) is 2.99. The number of thioether (sulfide) groups is 1. The lowest BCUT2D eigenvalue weighted by molar-refractivity contribution is -0.385. The molecule has 1 atom stereocenters. The van der Waals surface area contributed by atoms with Gasteiger partial charge in [-0.25, -0.2) is 4.98 Å². The zero-order valence-corrected chi connectivity index (χ0v) is 11.8. The van der Waals surface area contributed by atoms with E-state index in [2.05, 4.69) is 20.6 Å². The van der Waals surface area contributed by atoms with Gasteiger partial charge in [0.2, 0.25) is 11.8 Å². The van der Waals surface area contributed by atoms with Crippen molar-refractivity contribution in [1.82, 2.24) is 9.97 Å². The highest BCUT2D eigenvalue weighted by atomic mass is 32.2. The van der Waals surface area contributed by atoms with Crippen molar-refractivity contribution in [3.63, 3.8) is 0 Å². The van der Waals surface area contributed by atoms with Crippen LogP contribution in [-0.2, 0) is 0 Å². The summed E-state index contributed by atoms with van der Waals surface area (Å²) in [6, 6.07) is 0. The van der Waals surface area contributed by atoms with Crippen LogP contribution in [0.15, 0.2) is 0 Å². The smallest absolute Gasteiger partial charge is 0.332 e. The first kappa shape index (κ1) is 13.9. The average molecular weight is 283 g/mol. The topological polar surface area (TPSA) is 93.0 Å². The van der Waals surface area contributed by atoms with Crippen LogP contribution in [0.1, 0.15) is 18.5 Å². The summed E-state index contributed by atoms with van der Waals surface area (Å²) in [5.74, 6) is 1.86. The fourth-order valence-electron chi connectivity index (χ4n) is 2.04. The highest BCUT2D eigenvalue weighted by Gasteiger charge is 2.23. The Labute approximate surface area is 115 Å². The van der Waals surface area contributed by atoms with E-state index in [4.69, 9.17) is 0 Å². The standard InChI is InChI=1S/C11H17N5O2S/c1-7-9(16(17)18)10(15-11(12-2)14-7)13-6-8-4-3-5-19-8/h8H,3-6H2,1-2H3,(H2,12,13,14,15). The third kappa shape index (κ3) is 3.25. The maximum atomic E-state index is 11.1. The molecule has 1 saturated heterocycles. The number of aryl methyl sites for hydroxylation is 1. The van der Waals surface area contributed by atoms with Crippen molar-refractivity contribution in [3.8, 4) is 0 Å². The lowest BCUT2D eigenvalue weighted by Gasteiger charge is -2.12. The molecule has 0 saturated carbocycles. The van der Waals surface area contributed by atoms with Crippen LogP contribution >= 0.6 is 11.8 Å². The molecular weight excluding hydrogens is 266 g/mol. The SMILES string of the molecule is CNc1nc(C)c([N+](=O)[O-])c(NCC2CCCS2)n1. The highest BCUT2D eigenvalue weighted by Crippen LogP contribution is 2.29. The number of nitrogens with one attached hydrogen (secondary N) is 2. The van der Waals surface area contributed by atoms with Gasteiger partial charge in [-0.15, -0.1) is 0 Å². The van der Waals surface area contributed by atoms with Crippen LogP contribution in [-0.4, -0.2) is 39.5 Å². The fourth-order valence-corrected chi connectivity index (χ4v) is 3.24. The molecule has 7 nitrogen and oxygen atoms in total. The molecule has 0 amide bonds. The highest BCUT2D eigenvalue weighted by molar-refractivity contribution is 8.00. The predicted octanol–water partition coefficient (Wildman–Crippen LogP) is 2.04. The molecule has 0 spiro atoms. The second-order valence-electron chi connectivity index (χ2n) is 4.35. The van der Waals surface area contributed by atoms with Crippen molar-refractivity contribution in [2.24, 2.45) is 0 Å². The molecule has 0 aliphatic carbocycles. The van der Waals surface area contributed by atoms with Gasteiger partial charge >= 0.3 is 5.69 Å². The van der Waals surface area contributed by atoms with Crippen LogP contribution in [0, 0.1) is 17.0 Å². The third-order valence-corrected chi connectivity index (χ3v) is 4.38. The second kappa shape index (κ2) is 6.05. The lowest BCUT2D eigenvalue weighted by atomic mass is 10.2. The van der Waals surface area contributed by atoms with Gasteiger partial charge in [-0.1, -0.05) is 0 Å². The van der Waals surface area contributed by atoms with Gasteiger partial charge in [-0.05, 0) is 25.5 Å². The van der Waals surface area contributed by atoms with E-state index in [9.17, 15) is 10.1 Å². The van der Waals surface area contributed by atoms with E-state index in [1.165, 1.54) is 12.2 Å². The van der Waals surface area contributed by atoms with E-state index in [1.54, 1.807) is 14.0 Å². The first-order valence-electron chi connectivity index (χ1n) is 6.18. The van der Waals surface area contributed by atoms with Crippen LogP contribution in [0.4, 0.5) is 17.5 Å². The Kier molecular flexibility index (Phi) is 4.41. The number of rotatable bonds is 5. The lowest BCUT2D eigenvalue weighted by Crippen LogP contribution is -2.17. The molecule has 0 radical (unpaired) electrons. The molecular formula is C11H17N5O2S. The molecule has 1 aromatic rings. The molecule has 2 rings (SSSR count). The summed E-state index contributed by atoms with van der Waals surface area (Å²) in [6.45, 7) is 2.32. The molecule has 0 bridgehead atoms. The van der Waals surface area contributed by atoms with Crippen LogP contribution in [0.25, 0.3) is 0 Å². The largest absolute Gasteiger partial charge is 0.363 e. The number of nitrogens with zero attached hydrogens (tertiary/aromatic N) is 3. The Morgan fingerprint density at radius 1 is 1.53 bits per heavy atom. The number of aromatic nitrogens is 2. The normalized spacial score (nSPS) is 18.3. The Morgan fingerprint density at radius 3 is 2.89 bits per heavy atom. The molecule has 19 heavy (non-hydrogen) atoms. The summed E-state index contributed by atoms with van der Waals surface area (Å²) >= 11 is 1.90. The fraction of sp³-hybridized carbons (Fsp3) is 0.636. The first-order valence-corrected chi connectivity index (χ1v) is 7.23. The van der Waals surface area contributed by atoms with Crippen LogP contribution < -0.4 is 10.6 Å². The molecule has 2 N–H and O–H groups in total. The van der Waals surface area contributed by atoms with Crippen molar-refractivity contribution >= 4 is 29.2 Å². The summed E-state index contributed by atoms with van der Waals surface area (Å²) in [5, 5.41) is 17.5. The van der Waals surface area contributed by atoms with Crippen LogP contribution in [0.5, 0.6) is 0 Å². The number of hydrogen-bond donors (Lipinski definition) is 2. The summed E-state index contributed by atoms with van der Waals surface area (Å²) in [4.78, 5) is 18.9. The number of nitro groups is 1. The molecule has 104 valence electrons. The van der Waals surface area contributed by atoms with Crippen molar-refractivity contribution in [2.45, 2.75) is 25.0 Å². The maximum Gasteiger partial charge on any atom is 0.332 e. The first-order chi connectivity index (χ1) is 9.11. The van der Waals surface area contributed by atoms with Crippen LogP contribution in [0.3, 0.4) is 0 Å². The average Bonchev–Trinajstić information content (AvgIpc) is 2.88. The second-order valence-corrected chi connectivity index (χ2v) is 5.76. The van der Waals surface area contributed by atoms with E-state index in [-0.39, 0.29) is 5.69 Å². The minimum absolute atomic E-state index is 0.0398. The molecule has 0 aromatic carbocycles. The van der Waals surface area contributed by atoms with Gasteiger partial charge in [0.25, 0.3) is 0 Å². The van der Waals surface area contributed by atoms with E-state index < -0.39 is 4.92 Å². The van der Waals surface area contributed by atoms with E-state index in [0.29, 0.717) is 29.3 Å². The van der Waals surface area contributed by atoms with Gasteiger partial charge in [0, 0.05) is 18.8 Å². The summed E-state index contributed by atoms with van der Waals surface area (Å²) in [6.07, 6.45) is 2.36. The molecule has 1 unspecified atom stereocenters. The van der Waals surface area contributed by atoms with Gasteiger partial charge < -0.3 is 10.6 Å². The summed E-state index contributed by atoms with van der Waals surface area (Å²) in [5.41, 5.74) is 0.327. The van der Waals surface area contributed by atoms with Gasteiger partial charge in [0.15, 0.2) is 0 Å². The zero-order chi connectivity index (χ0) is 13.8. The van der Waals surface area contributed by atoms with Crippen molar-refractivity contribution in [2.75, 3.05) is 30.0 Å². The molecule has 1 aliphatic heterocycles. The monoisotopic (exact) mass is 283 g/mol. The summed E-state index contributed by atoms with van der Waals surface area (Å²) < 4.78 is 0. The minimum Gasteiger partial charge on any atom is -0.363 e.